The summed E-state index contributed by atoms with van der Waals surface area (Å²) >= 11 is 1.58. The number of ketones is 1. The second-order valence-corrected chi connectivity index (χ2v) is 7.42. The molecule has 2 aromatic carbocycles. The van der Waals surface area contributed by atoms with Crippen molar-refractivity contribution in [3.63, 3.8) is 0 Å². The van der Waals surface area contributed by atoms with Crippen molar-refractivity contribution >= 4 is 34.7 Å². The van der Waals surface area contributed by atoms with E-state index in [2.05, 4.69) is 0 Å². The van der Waals surface area contributed by atoms with Crippen LogP contribution in [0.5, 0.6) is 5.75 Å². The van der Waals surface area contributed by atoms with Gasteiger partial charge in [0.2, 0.25) is 0 Å². The Morgan fingerprint density at radius 2 is 1.74 bits per heavy atom. The average Bonchev–Trinajstić information content (AvgIpc) is 3.33. The van der Waals surface area contributed by atoms with Crippen LogP contribution < -0.4 is 4.74 Å². The van der Waals surface area contributed by atoms with Gasteiger partial charge in [-0.15, -0.1) is 11.3 Å². The highest BCUT2D eigenvalue weighted by atomic mass is 32.1. The Morgan fingerprint density at radius 1 is 0.968 bits per heavy atom. The van der Waals surface area contributed by atoms with Crippen molar-refractivity contribution in [3.05, 3.63) is 99.9 Å². The third-order valence-corrected chi connectivity index (χ3v) is 5.26. The molecule has 0 atom stereocenters. The summed E-state index contributed by atoms with van der Waals surface area (Å²) in [6, 6.07) is 18.2. The Hall–Kier alpha value is -3.64. The predicted molar refractivity (Wildman–Crippen MR) is 122 cm³/mol. The van der Waals surface area contributed by atoms with E-state index in [9.17, 15) is 9.59 Å². The van der Waals surface area contributed by atoms with Gasteiger partial charge in [0, 0.05) is 10.4 Å². The number of rotatable bonds is 9. The van der Waals surface area contributed by atoms with Gasteiger partial charge in [-0.25, -0.2) is 4.79 Å². The van der Waals surface area contributed by atoms with Gasteiger partial charge in [-0.3, -0.25) is 4.79 Å². The number of benzene rings is 2. The monoisotopic (exact) mass is 434 g/mol. The number of carbonyl (C=O) groups is 2. The molecule has 0 amide bonds. The molecule has 0 fully saturated rings. The Bertz CT molecular complexity index is 1080. The number of esters is 1. The van der Waals surface area contributed by atoms with Crippen LogP contribution in [0, 0.1) is 0 Å². The molecule has 0 N–H and O–H groups in total. The summed E-state index contributed by atoms with van der Waals surface area (Å²) in [6.07, 6.45) is 4.73. The molecule has 0 bridgehead atoms. The molecular weight excluding hydrogens is 412 g/mol. The lowest BCUT2D eigenvalue weighted by molar-refractivity contribution is -0.133. The fourth-order valence-corrected chi connectivity index (χ4v) is 3.49. The first-order valence-electron chi connectivity index (χ1n) is 9.50. The zero-order valence-corrected chi connectivity index (χ0v) is 18.1. The highest BCUT2D eigenvalue weighted by Crippen LogP contribution is 2.23. The van der Waals surface area contributed by atoms with E-state index in [-0.39, 0.29) is 12.4 Å². The van der Waals surface area contributed by atoms with E-state index >= 15 is 0 Å². The minimum atomic E-state index is -0.493. The van der Waals surface area contributed by atoms with Gasteiger partial charge < -0.3 is 14.2 Å². The number of carbonyl (C=O) groups excluding carboxylic acids is 2. The second-order valence-electron chi connectivity index (χ2n) is 6.44. The van der Waals surface area contributed by atoms with E-state index in [1.54, 1.807) is 47.8 Å². The first-order valence-corrected chi connectivity index (χ1v) is 10.4. The fraction of sp³-hybridized carbons (Fsp3) is 0.120. The molecular formula is C25H22O5S. The molecule has 0 aliphatic rings. The van der Waals surface area contributed by atoms with E-state index in [4.69, 9.17) is 14.2 Å². The van der Waals surface area contributed by atoms with Crippen LogP contribution in [0.2, 0.25) is 0 Å². The topological polar surface area (TPSA) is 61.8 Å². The second kappa shape index (κ2) is 10.9. The summed E-state index contributed by atoms with van der Waals surface area (Å²) in [4.78, 5) is 25.5. The molecule has 0 aliphatic carbocycles. The zero-order valence-electron chi connectivity index (χ0n) is 17.2. The number of allylic oxidation sites excluding steroid dienone is 1. The fourth-order valence-electron chi connectivity index (χ4n) is 2.87. The van der Waals surface area contributed by atoms with Crippen LogP contribution in [0.1, 0.15) is 26.4 Å². The van der Waals surface area contributed by atoms with Gasteiger partial charge in [-0.05, 0) is 59.0 Å². The van der Waals surface area contributed by atoms with Crippen LogP contribution in [0.15, 0.2) is 78.4 Å². The highest BCUT2D eigenvalue weighted by molar-refractivity contribution is 7.10. The van der Waals surface area contributed by atoms with Gasteiger partial charge in [0.05, 0.1) is 20.5 Å². The average molecular weight is 435 g/mol. The van der Waals surface area contributed by atoms with Crippen molar-refractivity contribution < 1.29 is 23.8 Å². The van der Waals surface area contributed by atoms with Gasteiger partial charge in [0.1, 0.15) is 17.9 Å². The Balaban J connectivity index is 1.69. The van der Waals surface area contributed by atoms with Gasteiger partial charge >= 0.3 is 5.97 Å². The first-order chi connectivity index (χ1) is 15.1. The third-order valence-electron chi connectivity index (χ3n) is 4.42. The van der Waals surface area contributed by atoms with E-state index in [1.165, 1.54) is 20.5 Å². The molecule has 0 spiro atoms. The molecule has 31 heavy (non-hydrogen) atoms. The third kappa shape index (κ3) is 5.93. The summed E-state index contributed by atoms with van der Waals surface area (Å²) in [5.74, 6) is 0.0504. The van der Waals surface area contributed by atoms with E-state index in [1.807, 2.05) is 41.8 Å². The maximum atomic E-state index is 12.3. The number of methoxy groups -OCH3 is 2. The number of thiophene rings is 1. The normalized spacial score (nSPS) is 11.4. The highest BCUT2D eigenvalue weighted by Gasteiger charge is 2.17. The minimum Gasteiger partial charge on any atom is -0.503 e. The molecule has 1 aromatic heterocycles. The van der Waals surface area contributed by atoms with Gasteiger partial charge in [0.15, 0.2) is 5.78 Å². The molecule has 0 unspecified atom stereocenters. The van der Waals surface area contributed by atoms with Crippen molar-refractivity contribution in [3.8, 4) is 5.75 Å². The molecule has 1 heterocycles. The van der Waals surface area contributed by atoms with Crippen LogP contribution in [-0.2, 0) is 20.9 Å². The quantitative estimate of drug-likeness (QED) is 0.196. The van der Waals surface area contributed by atoms with Crippen LogP contribution in [0.4, 0.5) is 0 Å². The largest absolute Gasteiger partial charge is 0.503 e. The maximum absolute atomic E-state index is 12.3. The molecule has 0 saturated heterocycles. The smallest absolute Gasteiger partial charge is 0.341 e. The van der Waals surface area contributed by atoms with E-state index in [0.717, 1.165) is 10.4 Å². The molecule has 0 saturated carbocycles. The van der Waals surface area contributed by atoms with Crippen molar-refractivity contribution in [2.75, 3.05) is 14.2 Å². The minimum absolute atomic E-state index is 0.0716. The summed E-state index contributed by atoms with van der Waals surface area (Å²) in [6.45, 7) is 0.236. The van der Waals surface area contributed by atoms with Crippen LogP contribution in [-0.4, -0.2) is 26.0 Å². The van der Waals surface area contributed by atoms with Crippen LogP contribution in [0.3, 0.4) is 0 Å². The van der Waals surface area contributed by atoms with Crippen molar-refractivity contribution in [2.24, 2.45) is 0 Å². The Kier molecular flexibility index (Phi) is 7.79. The van der Waals surface area contributed by atoms with E-state index < -0.39 is 5.97 Å². The summed E-state index contributed by atoms with van der Waals surface area (Å²) in [5.41, 5.74) is 2.36. The summed E-state index contributed by atoms with van der Waals surface area (Å²) in [7, 11) is 2.80. The Labute approximate surface area is 185 Å². The summed E-state index contributed by atoms with van der Waals surface area (Å²) in [5, 5.41) is 1.97. The lowest BCUT2D eigenvalue weighted by atomic mass is 10.0. The molecule has 158 valence electrons. The molecule has 0 radical (unpaired) electrons. The van der Waals surface area contributed by atoms with Crippen molar-refractivity contribution in [1.29, 1.82) is 0 Å². The van der Waals surface area contributed by atoms with E-state index in [0.29, 0.717) is 22.4 Å². The van der Waals surface area contributed by atoms with Gasteiger partial charge in [-0.1, -0.05) is 30.3 Å². The Morgan fingerprint density at radius 3 is 2.42 bits per heavy atom. The lowest BCUT2D eigenvalue weighted by Gasteiger charge is -2.13. The summed E-state index contributed by atoms with van der Waals surface area (Å²) < 4.78 is 15.8. The zero-order chi connectivity index (χ0) is 22.1. The molecule has 3 aromatic rings. The molecule has 3 rings (SSSR count). The first kappa shape index (κ1) is 22.1. The number of hydrogen-bond donors (Lipinski definition) is 0. The number of hydrogen-bond acceptors (Lipinski definition) is 6. The predicted octanol–water partition coefficient (Wildman–Crippen LogP) is 5.38. The van der Waals surface area contributed by atoms with Gasteiger partial charge in [0.25, 0.3) is 0 Å². The SMILES string of the molecule is CO/C=C(/C(=O)OC)c1ccccc1COc1ccc(C(=O)/C=C/c2cccs2)cc1. The lowest BCUT2D eigenvalue weighted by Crippen LogP contribution is -2.08. The molecule has 0 aliphatic heterocycles. The van der Waals surface area contributed by atoms with Crippen molar-refractivity contribution in [1.82, 2.24) is 0 Å². The van der Waals surface area contributed by atoms with Crippen LogP contribution >= 0.6 is 11.3 Å². The maximum Gasteiger partial charge on any atom is 0.341 e. The standard InChI is InChI=1S/C25H22O5S/c1-28-17-23(25(27)29-2)22-8-4-3-6-19(22)16-30-20-11-9-18(10-12-20)24(26)14-13-21-7-5-15-31-21/h3-15,17H,16H2,1-2H3/b14-13+,23-17+. The molecule has 5 nitrogen and oxygen atoms in total. The van der Waals surface area contributed by atoms with Gasteiger partial charge in [-0.2, -0.15) is 0 Å². The van der Waals surface area contributed by atoms with Crippen molar-refractivity contribution in [2.45, 2.75) is 6.61 Å². The number of ether oxygens (including phenoxy) is 3. The van der Waals surface area contributed by atoms with Crippen LogP contribution in [0.25, 0.3) is 11.6 Å². The molecule has 6 heteroatoms.